The number of thioether (sulfide) groups is 1. The second-order valence-corrected chi connectivity index (χ2v) is 24.4. The summed E-state index contributed by atoms with van der Waals surface area (Å²) >= 11 is 8.66. The van der Waals surface area contributed by atoms with Gasteiger partial charge in [-0.3, -0.25) is 22.6 Å². The molecule has 24 nitrogen and oxygen atoms in total. The van der Waals surface area contributed by atoms with E-state index < -0.39 is 61.8 Å². The van der Waals surface area contributed by atoms with Gasteiger partial charge in [0.15, 0.2) is 11.3 Å². The highest BCUT2D eigenvalue weighted by Gasteiger charge is 2.24. The molecule has 5 N–H and O–H groups in total. The Balaban J connectivity index is 1.17. The highest BCUT2D eigenvalue weighted by molar-refractivity contribution is 7.99. The summed E-state index contributed by atoms with van der Waals surface area (Å²) in [6, 6.07) is 19.2. The molecule has 5 aromatic carbocycles. The average molecular weight is 1140 g/mol. The van der Waals surface area contributed by atoms with Gasteiger partial charge >= 0.3 is 0 Å². The fraction of sp³-hybridized carbons (Fsp3) is 0.186. The van der Waals surface area contributed by atoms with Crippen LogP contribution < -0.4 is 4.74 Å². The lowest BCUT2D eigenvalue weighted by molar-refractivity contribution is 0.317. The summed E-state index contributed by atoms with van der Waals surface area (Å²) in [4.78, 5) is 8.05. The molecule has 8 aromatic rings. The van der Waals surface area contributed by atoms with Gasteiger partial charge in [-0.25, -0.2) is 9.97 Å². The van der Waals surface area contributed by atoms with Crippen LogP contribution in [0.3, 0.4) is 0 Å². The predicted octanol–water partition coefficient (Wildman–Crippen LogP) is 10.9. The van der Waals surface area contributed by atoms with E-state index in [1.807, 2.05) is 0 Å². The minimum atomic E-state index is -4.87. The van der Waals surface area contributed by atoms with Crippen molar-refractivity contribution < 1.29 is 61.7 Å². The number of benzene rings is 5. The number of para-hydroxylation sites is 2. The summed E-state index contributed by atoms with van der Waals surface area (Å²) in [6.07, 6.45) is -0.160. The van der Waals surface area contributed by atoms with Gasteiger partial charge in [0.2, 0.25) is 11.0 Å². The topological polar surface area (TPSA) is 375 Å². The fourth-order valence-electron chi connectivity index (χ4n) is 7.27. The van der Waals surface area contributed by atoms with Crippen molar-refractivity contribution >= 4 is 146 Å². The molecule has 3 heterocycles. The van der Waals surface area contributed by atoms with Crippen LogP contribution in [-0.2, 0) is 40.5 Å². The summed E-state index contributed by atoms with van der Waals surface area (Å²) in [5.41, 5.74) is 2.03. The van der Waals surface area contributed by atoms with Crippen LogP contribution in [0.15, 0.2) is 118 Å². The van der Waals surface area contributed by atoms with Gasteiger partial charge in [0.05, 0.1) is 55.1 Å². The highest BCUT2D eigenvalue weighted by Crippen LogP contribution is 2.45. The van der Waals surface area contributed by atoms with Crippen molar-refractivity contribution in [3.05, 3.63) is 94.5 Å². The van der Waals surface area contributed by atoms with Crippen LogP contribution in [-0.4, -0.2) is 95.2 Å². The molecule has 0 spiro atoms. The number of ether oxygens (including phenoxy) is 1. The summed E-state index contributed by atoms with van der Waals surface area (Å²) in [5, 5.41) is 47.6. The van der Waals surface area contributed by atoms with Gasteiger partial charge in [0, 0.05) is 21.9 Å². The number of fused-ring (bicyclic) bond motifs is 6. The monoisotopic (exact) mass is 1140 g/mol. The van der Waals surface area contributed by atoms with Crippen molar-refractivity contribution in [3.8, 4) is 17.7 Å². The number of hydrogen-bond donors (Lipinski definition) is 5. The standard InChI is InChI=1S/C43H35ClN10O14S6/c1-22-15-33(36(69-12-6-14-72(59,60)61)20-30(22)48-53-43-47-39-37(74(65,66)67)16-24-9-10-25(73(62,63)64)17-26(24)40(39)70-43)51-49-31-19-35(68-11-5-13-71(56,57)58)32(18-28(31)44)50-52-38-23(2)27(21-45)41-46-29-7-3-4-8-34(29)54(41)42(38)55/h3-4,7-10,15-20,55H,5-6,11-14H2,1-2H3,(H,56,57,58)(H,59,60,61)(H,62,63,64)(H,65,66,67). The van der Waals surface area contributed by atoms with Crippen molar-refractivity contribution in [3.63, 3.8) is 0 Å². The molecule has 0 unspecified atom stereocenters. The molecule has 0 fully saturated rings. The normalized spacial score (nSPS) is 12.9. The van der Waals surface area contributed by atoms with Crippen LogP contribution in [0.25, 0.3) is 37.7 Å². The van der Waals surface area contributed by atoms with Gasteiger partial charge < -0.3 is 9.84 Å². The lowest BCUT2D eigenvalue weighted by atomic mass is 10.1. The van der Waals surface area contributed by atoms with Gasteiger partial charge in [-0.2, -0.15) is 38.9 Å². The Morgan fingerprint density at radius 3 is 2.16 bits per heavy atom. The van der Waals surface area contributed by atoms with Gasteiger partial charge in [0.25, 0.3) is 40.5 Å². The van der Waals surface area contributed by atoms with Crippen molar-refractivity contribution in [2.24, 2.45) is 30.7 Å². The Labute approximate surface area is 433 Å². The molecule has 0 saturated carbocycles. The Bertz CT molecular complexity index is 4240. The van der Waals surface area contributed by atoms with E-state index in [0.717, 1.165) is 41.3 Å². The molecule has 0 atom stereocenters. The first-order chi connectivity index (χ1) is 34.8. The summed E-state index contributed by atoms with van der Waals surface area (Å²) in [5.74, 6) is -1.49. The van der Waals surface area contributed by atoms with E-state index >= 15 is 0 Å². The maximum Gasteiger partial charge on any atom is 0.296 e. The first-order valence-electron chi connectivity index (χ1n) is 21.0. The van der Waals surface area contributed by atoms with Crippen LogP contribution in [0.2, 0.25) is 5.02 Å². The molecule has 0 bridgehead atoms. The highest BCUT2D eigenvalue weighted by atomic mass is 35.5. The van der Waals surface area contributed by atoms with E-state index in [1.165, 1.54) is 28.7 Å². The molecule has 31 heteroatoms. The Kier molecular flexibility index (Phi) is 15.2. The first-order valence-corrected chi connectivity index (χ1v) is 29.3. The molecule has 74 heavy (non-hydrogen) atoms. The minimum Gasteiger partial charge on any atom is -0.493 e. The number of aryl methyl sites for hydroxylation is 1. The van der Waals surface area contributed by atoms with Crippen molar-refractivity contribution in [1.29, 1.82) is 5.26 Å². The number of halogens is 1. The SMILES string of the molecule is Cc1cc(N=Nc2cc(OCCCS(=O)(=O)O)c(N=Nc3c(C)c(C#N)c4nc5ccccc5n4c3O)cc2Cl)c(SCCCS(=O)(=O)O)cc1N=Nc1nc2c(S(=O)(=O)O)cc3ccc(S(=O)(=O)O)cc3c2s1. The maximum absolute atomic E-state index is 12.4. The molecule has 384 valence electrons. The van der Waals surface area contributed by atoms with Gasteiger partial charge in [-0.1, -0.05) is 41.1 Å². The molecule has 0 aliphatic carbocycles. The number of nitriles is 1. The lowest BCUT2D eigenvalue weighted by Crippen LogP contribution is -2.08. The second kappa shape index (κ2) is 20.9. The van der Waals surface area contributed by atoms with Gasteiger partial charge in [-0.05, 0) is 91.9 Å². The van der Waals surface area contributed by atoms with Crippen LogP contribution in [0, 0.1) is 25.2 Å². The van der Waals surface area contributed by atoms with Crippen LogP contribution in [0.5, 0.6) is 11.6 Å². The Morgan fingerprint density at radius 1 is 0.770 bits per heavy atom. The number of hydrogen-bond acceptors (Lipinski definition) is 21. The Morgan fingerprint density at radius 2 is 1.46 bits per heavy atom. The molecule has 0 aliphatic rings. The molecule has 0 saturated heterocycles. The summed E-state index contributed by atoms with van der Waals surface area (Å²) < 4.78 is 140. The number of imidazole rings is 1. The number of nitrogens with zero attached hydrogens (tertiary/aromatic N) is 10. The number of pyridine rings is 1. The number of thiazole rings is 1. The molecule has 3 aromatic heterocycles. The zero-order chi connectivity index (χ0) is 53.5. The fourth-order valence-corrected chi connectivity index (χ4v) is 11.8. The van der Waals surface area contributed by atoms with E-state index in [4.69, 9.17) is 16.3 Å². The number of rotatable bonds is 18. The van der Waals surface area contributed by atoms with Gasteiger partial charge in [-0.15, -0.1) is 42.4 Å². The zero-order valence-corrected chi connectivity index (χ0v) is 43.5. The molecular formula is C43H35ClN10O14S6. The third-order valence-electron chi connectivity index (χ3n) is 10.7. The third kappa shape index (κ3) is 12.0. The van der Waals surface area contributed by atoms with Crippen LogP contribution in [0.4, 0.5) is 33.6 Å². The number of aromatic nitrogens is 3. The van der Waals surface area contributed by atoms with E-state index in [9.17, 15) is 62.3 Å². The number of aromatic hydroxyl groups is 1. The van der Waals surface area contributed by atoms with Crippen LogP contribution in [0.1, 0.15) is 29.5 Å². The molecule has 0 amide bonds. The molecule has 8 rings (SSSR count). The quantitative estimate of drug-likeness (QED) is 0.0231. The largest absolute Gasteiger partial charge is 0.493 e. The predicted molar refractivity (Wildman–Crippen MR) is 274 cm³/mol. The van der Waals surface area contributed by atoms with Crippen molar-refractivity contribution in [1.82, 2.24) is 14.4 Å². The third-order valence-corrected chi connectivity index (χ3v) is 16.4. The zero-order valence-electron chi connectivity index (χ0n) is 37.9. The number of azo groups is 3. The molecular weight excluding hydrogens is 1110 g/mol. The van der Waals surface area contributed by atoms with E-state index in [-0.39, 0.29) is 113 Å². The van der Waals surface area contributed by atoms with E-state index in [2.05, 4.69) is 46.7 Å². The molecule has 0 aliphatic heterocycles. The Hall–Kier alpha value is -6.63. The van der Waals surface area contributed by atoms with Gasteiger partial charge in [0.1, 0.15) is 39.2 Å². The average Bonchev–Trinajstić information content (AvgIpc) is 3.93. The summed E-state index contributed by atoms with van der Waals surface area (Å²) in [7, 11) is -18.2. The molecule has 0 radical (unpaired) electrons. The van der Waals surface area contributed by atoms with Crippen molar-refractivity contribution in [2.45, 2.75) is 41.4 Å². The van der Waals surface area contributed by atoms with E-state index in [0.29, 0.717) is 21.5 Å². The van der Waals surface area contributed by atoms with Crippen LogP contribution >= 0.6 is 34.7 Å². The van der Waals surface area contributed by atoms with E-state index in [1.54, 1.807) is 44.2 Å². The lowest BCUT2D eigenvalue weighted by Gasteiger charge is -2.11. The van der Waals surface area contributed by atoms with Crippen molar-refractivity contribution in [2.75, 3.05) is 23.9 Å². The maximum atomic E-state index is 12.4. The minimum absolute atomic E-state index is 0.00187. The first kappa shape index (κ1) is 53.7. The second-order valence-electron chi connectivity index (χ2n) is 15.9. The smallest absolute Gasteiger partial charge is 0.296 e. The summed E-state index contributed by atoms with van der Waals surface area (Å²) in [6.45, 7) is 2.92.